The third-order valence-corrected chi connectivity index (χ3v) is 4.40. The monoisotopic (exact) mass is 326 g/mol. The minimum absolute atomic E-state index is 0.546. The smallest absolute Gasteiger partial charge is 0.309 e. The lowest BCUT2D eigenvalue weighted by Crippen LogP contribution is -2.26. The molecule has 0 atom stereocenters. The van der Waals surface area contributed by atoms with E-state index >= 15 is 0 Å². The van der Waals surface area contributed by atoms with Crippen molar-refractivity contribution < 1.29 is 9.90 Å². The van der Waals surface area contributed by atoms with Crippen molar-refractivity contribution in [3.8, 4) is 0 Å². The molecule has 0 spiro atoms. The van der Waals surface area contributed by atoms with Crippen LogP contribution in [0.2, 0.25) is 0 Å². The van der Waals surface area contributed by atoms with Crippen molar-refractivity contribution in [3.63, 3.8) is 0 Å². The molecule has 0 aliphatic rings. The predicted molar refractivity (Wildman–Crippen MR) is 82.6 cm³/mol. The van der Waals surface area contributed by atoms with E-state index in [0.717, 1.165) is 22.9 Å². The first-order valence-corrected chi connectivity index (χ1v) is 7.62. The molecule has 1 aromatic rings. The second-order valence-corrected chi connectivity index (χ2v) is 6.59. The normalized spacial score (nSPS) is 11.9. The maximum Gasteiger partial charge on any atom is 0.309 e. The van der Waals surface area contributed by atoms with Gasteiger partial charge < -0.3 is 5.11 Å². The lowest BCUT2D eigenvalue weighted by Gasteiger charge is -2.21. The van der Waals surface area contributed by atoms with Crippen molar-refractivity contribution in [1.29, 1.82) is 0 Å². The highest BCUT2D eigenvalue weighted by Crippen LogP contribution is 2.32. The van der Waals surface area contributed by atoms with Gasteiger partial charge >= 0.3 is 5.97 Å². The molecule has 0 fully saturated rings. The summed E-state index contributed by atoms with van der Waals surface area (Å²) in [5, 5.41) is 9.18. The molecule has 0 saturated heterocycles. The maximum absolute atomic E-state index is 11.2. The van der Waals surface area contributed by atoms with Crippen LogP contribution in [0, 0.1) is 5.41 Å². The fourth-order valence-corrected chi connectivity index (χ4v) is 3.08. The maximum atomic E-state index is 11.2. The first-order chi connectivity index (χ1) is 8.81. The standard InChI is InChI=1S/C16H23BrO2/c1-5-12(6-2)13-8-7-11(9-14(13)17)10-16(3,4)15(18)19/h7-9,12H,5-6,10H2,1-4H3,(H,18,19). The Hall–Kier alpha value is -0.830. The van der Waals surface area contributed by atoms with Gasteiger partial charge in [0.25, 0.3) is 0 Å². The van der Waals surface area contributed by atoms with Crippen molar-refractivity contribution >= 4 is 21.9 Å². The highest BCUT2D eigenvalue weighted by Gasteiger charge is 2.27. The molecule has 19 heavy (non-hydrogen) atoms. The van der Waals surface area contributed by atoms with E-state index in [-0.39, 0.29) is 0 Å². The molecule has 0 unspecified atom stereocenters. The summed E-state index contributed by atoms with van der Waals surface area (Å²) in [7, 11) is 0. The van der Waals surface area contributed by atoms with Gasteiger partial charge in [-0.2, -0.15) is 0 Å². The first kappa shape index (κ1) is 16.2. The zero-order valence-corrected chi connectivity index (χ0v) is 13.8. The Labute approximate surface area is 124 Å². The molecule has 0 bridgehead atoms. The van der Waals surface area contributed by atoms with Crippen LogP contribution >= 0.6 is 15.9 Å². The van der Waals surface area contributed by atoms with E-state index in [1.54, 1.807) is 13.8 Å². The van der Waals surface area contributed by atoms with Crippen LogP contribution in [0.15, 0.2) is 22.7 Å². The number of carboxylic acid groups (broad SMARTS) is 1. The van der Waals surface area contributed by atoms with Crippen LogP contribution in [-0.4, -0.2) is 11.1 Å². The summed E-state index contributed by atoms with van der Waals surface area (Å²) in [4.78, 5) is 11.2. The Morgan fingerprint density at radius 1 is 1.32 bits per heavy atom. The Morgan fingerprint density at radius 3 is 2.32 bits per heavy atom. The van der Waals surface area contributed by atoms with E-state index in [2.05, 4.69) is 48.0 Å². The number of halogens is 1. The first-order valence-electron chi connectivity index (χ1n) is 6.83. The molecule has 0 saturated carbocycles. The summed E-state index contributed by atoms with van der Waals surface area (Å²) in [5.74, 6) is -0.191. The quantitative estimate of drug-likeness (QED) is 0.798. The summed E-state index contributed by atoms with van der Waals surface area (Å²) in [6.07, 6.45) is 2.79. The molecule has 2 nitrogen and oxygen atoms in total. The topological polar surface area (TPSA) is 37.3 Å². The molecular formula is C16H23BrO2. The molecule has 0 aliphatic carbocycles. The number of aliphatic carboxylic acids is 1. The van der Waals surface area contributed by atoms with E-state index in [1.165, 1.54) is 5.56 Å². The third kappa shape index (κ3) is 4.07. The Morgan fingerprint density at radius 2 is 1.89 bits per heavy atom. The summed E-state index contributed by atoms with van der Waals surface area (Å²) >= 11 is 3.63. The van der Waals surface area contributed by atoms with Crippen molar-refractivity contribution in [2.45, 2.75) is 52.9 Å². The van der Waals surface area contributed by atoms with Crippen molar-refractivity contribution in [2.75, 3.05) is 0 Å². The predicted octanol–water partition coefficient (Wildman–Crippen LogP) is 5.01. The fraction of sp³-hybridized carbons (Fsp3) is 0.562. The number of carboxylic acids is 1. The zero-order chi connectivity index (χ0) is 14.6. The Bertz CT molecular complexity index is 448. The summed E-state index contributed by atoms with van der Waals surface area (Å²) < 4.78 is 1.10. The molecule has 106 valence electrons. The van der Waals surface area contributed by atoms with Gasteiger partial charge in [-0.05, 0) is 56.2 Å². The molecule has 3 heteroatoms. The molecular weight excluding hydrogens is 304 g/mol. The van der Waals surface area contributed by atoms with E-state index in [0.29, 0.717) is 12.3 Å². The second kappa shape index (κ2) is 6.56. The van der Waals surface area contributed by atoms with Crippen LogP contribution in [0.25, 0.3) is 0 Å². The van der Waals surface area contributed by atoms with E-state index < -0.39 is 11.4 Å². The van der Waals surface area contributed by atoms with Gasteiger partial charge in [-0.3, -0.25) is 4.79 Å². The van der Waals surface area contributed by atoms with Crippen LogP contribution in [-0.2, 0) is 11.2 Å². The molecule has 1 rings (SSSR count). The number of carbonyl (C=O) groups is 1. The number of hydrogen-bond donors (Lipinski definition) is 1. The summed E-state index contributed by atoms with van der Waals surface area (Å²) in [6, 6.07) is 6.26. The highest BCUT2D eigenvalue weighted by atomic mass is 79.9. The SMILES string of the molecule is CCC(CC)c1ccc(CC(C)(C)C(=O)O)cc1Br. The van der Waals surface area contributed by atoms with Gasteiger partial charge in [0.15, 0.2) is 0 Å². The average molecular weight is 327 g/mol. The largest absolute Gasteiger partial charge is 0.481 e. The minimum Gasteiger partial charge on any atom is -0.481 e. The molecule has 0 heterocycles. The second-order valence-electron chi connectivity index (χ2n) is 5.74. The van der Waals surface area contributed by atoms with Gasteiger partial charge in [-0.25, -0.2) is 0 Å². The van der Waals surface area contributed by atoms with Crippen molar-refractivity contribution in [1.82, 2.24) is 0 Å². The van der Waals surface area contributed by atoms with Gasteiger partial charge in [-0.1, -0.05) is 41.9 Å². The molecule has 0 aromatic heterocycles. The van der Waals surface area contributed by atoms with Gasteiger partial charge in [0.05, 0.1) is 5.41 Å². The molecule has 1 aromatic carbocycles. The zero-order valence-electron chi connectivity index (χ0n) is 12.2. The van der Waals surface area contributed by atoms with E-state index in [9.17, 15) is 9.90 Å². The molecule has 1 N–H and O–H groups in total. The van der Waals surface area contributed by atoms with Crippen molar-refractivity contribution in [3.05, 3.63) is 33.8 Å². The third-order valence-electron chi connectivity index (χ3n) is 3.72. The van der Waals surface area contributed by atoms with Crippen LogP contribution in [0.5, 0.6) is 0 Å². The van der Waals surface area contributed by atoms with Gasteiger partial charge in [0, 0.05) is 4.47 Å². The van der Waals surface area contributed by atoms with Crippen LogP contribution in [0.4, 0.5) is 0 Å². The minimum atomic E-state index is -0.757. The van der Waals surface area contributed by atoms with Crippen LogP contribution in [0.1, 0.15) is 57.6 Å². The van der Waals surface area contributed by atoms with Crippen LogP contribution in [0.3, 0.4) is 0 Å². The summed E-state index contributed by atoms with van der Waals surface area (Å²) in [5.41, 5.74) is 1.66. The Kier molecular flexibility index (Phi) is 5.60. The summed E-state index contributed by atoms with van der Waals surface area (Å²) in [6.45, 7) is 7.92. The number of benzene rings is 1. The van der Waals surface area contributed by atoms with E-state index in [4.69, 9.17) is 0 Å². The van der Waals surface area contributed by atoms with Crippen molar-refractivity contribution in [2.24, 2.45) is 5.41 Å². The average Bonchev–Trinajstić information content (AvgIpc) is 2.32. The Balaban J connectivity index is 2.97. The van der Waals surface area contributed by atoms with E-state index in [1.807, 2.05) is 0 Å². The number of rotatable bonds is 6. The fourth-order valence-electron chi connectivity index (χ4n) is 2.33. The molecule has 0 radical (unpaired) electrons. The van der Waals surface area contributed by atoms with Gasteiger partial charge in [-0.15, -0.1) is 0 Å². The van der Waals surface area contributed by atoms with Crippen LogP contribution < -0.4 is 0 Å². The highest BCUT2D eigenvalue weighted by molar-refractivity contribution is 9.10. The number of hydrogen-bond acceptors (Lipinski definition) is 1. The van der Waals surface area contributed by atoms with Gasteiger partial charge in [0.1, 0.15) is 0 Å². The van der Waals surface area contributed by atoms with Gasteiger partial charge in [0.2, 0.25) is 0 Å². The molecule has 0 aliphatic heterocycles. The lowest BCUT2D eigenvalue weighted by atomic mass is 9.85. The lowest BCUT2D eigenvalue weighted by molar-refractivity contribution is -0.146. The molecule has 0 amide bonds.